The van der Waals surface area contributed by atoms with E-state index in [1.807, 2.05) is 60.7 Å². The molecule has 0 aliphatic rings. The Morgan fingerprint density at radius 1 is 0.889 bits per heavy atom. The molecule has 0 spiro atoms. The summed E-state index contributed by atoms with van der Waals surface area (Å²) < 4.78 is 0. The monoisotopic (exact) mass is 238 g/mol. The van der Waals surface area contributed by atoms with E-state index in [0.29, 0.717) is 0 Å². The van der Waals surface area contributed by atoms with Crippen molar-refractivity contribution in [3.63, 3.8) is 0 Å². The van der Waals surface area contributed by atoms with Crippen LogP contribution in [-0.4, -0.2) is 11.1 Å². The number of hydrogen-bond acceptors (Lipinski definition) is 1. The van der Waals surface area contributed by atoms with Gasteiger partial charge < -0.3 is 5.11 Å². The normalized spacial score (nSPS) is 9.78. The second kappa shape index (κ2) is 5.82. The molecule has 18 heavy (non-hydrogen) atoms. The fourth-order valence-electron chi connectivity index (χ4n) is 1.83. The number of aliphatic carboxylic acids is 1. The van der Waals surface area contributed by atoms with Gasteiger partial charge in [0.25, 0.3) is 0 Å². The molecule has 2 aromatic carbocycles. The predicted molar refractivity (Wildman–Crippen MR) is 72.2 cm³/mol. The standard InChI is InChI=1S/C16H14O2/c17-16(18)12-11-15(13-7-3-1-4-8-13)14-9-5-2-6-10-14/h1-11H,12H2,(H,17,18). The summed E-state index contributed by atoms with van der Waals surface area (Å²) in [7, 11) is 0. The first-order valence-electron chi connectivity index (χ1n) is 5.80. The third-order valence-electron chi connectivity index (χ3n) is 2.65. The molecule has 0 radical (unpaired) electrons. The van der Waals surface area contributed by atoms with Crippen LogP contribution >= 0.6 is 0 Å². The summed E-state index contributed by atoms with van der Waals surface area (Å²) in [6.07, 6.45) is 1.78. The highest BCUT2D eigenvalue weighted by Gasteiger charge is 2.04. The zero-order valence-electron chi connectivity index (χ0n) is 9.91. The fourth-order valence-corrected chi connectivity index (χ4v) is 1.83. The van der Waals surface area contributed by atoms with Crippen LogP contribution < -0.4 is 0 Å². The van der Waals surface area contributed by atoms with Gasteiger partial charge in [-0.1, -0.05) is 66.7 Å². The summed E-state index contributed by atoms with van der Waals surface area (Å²) in [5.74, 6) is -0.820. The van der Waals surface area contributed by atoms with Gasteiger partial charge in [0, 0.05) is 0 Å². The van der Waals surface area contributed by atoms with Gasteiger partial charge in [-0.3, -0.25) is 4.79 Å². The molecular formula is C16H14O2. The minimum absolute atomic E-state index is 0.0269. The molecule has 2 heteroatoms. The number of benzene rings is 2. The van der Waals surface area contributed by atoms with E-state index < -0.39 is 5.97 Å². The average molecular weight is 238 g/mol. The number of carboxylic acid groups (broad SMARTS) is 1. The van der Waals surface area contributed by atoms with Crippen molar-refractivity contribution in [1.29, 1.82) is 0 Å². The van der Waals surface area contributed by atoms with Crippen LogP contribution in [0, 0.1) is 0 Å². The van der Waals surface area contributed by atoms with Crippen LogP contribution in [0.1, 0.15) is 17.5 Å². The van der Waals surface area contributed by atoms with Crippen LogP contribution in [0.5, 0.6) is 0 Å². The lowest BCUT2D eigenvalue weighted by molar-refractivity contribution is -0.135. The number of rotatable bonds is 4. The maximum absolute atomic E-state index is 10.7. The summed E-state index contributed by atoms with van der Waals surface area (Å²) in [6, 6.07) is 19.6. The van der Waals surface area contributed by atoms with Crippen LogP contribution in [0.4, 0.5) is 0 Å². The highest BCUT2D eigenvalue weighted by Crippen LogP contribution is 2.23. The second-order valence-electron chi connectivity index (χ2n) is 3.95. The van der Waals surface area contributed by atoms with Crippen LogP contribution in [0.15, 0.2) is 66.7 Å². The minimum atomic E-state index is -0.820. The van der Waals surface area contributed by atoms with Gasteiger partial charge in [-0.2, -0.15) is 0 Å². The average Bonchev–Trinajstić information content (AvgIpc) is 2.41. The Morgan fingerprint density at radius 2 is 1.33 bits per heavy atom. The SMILES string of the molecule is O=C(O)CC=C(c1ccccc1)c1ccccc1. The topological polar surface area (TPSA) is 37.3 Å². The summed E-state index contributed by atoms with van der Waals surface area (Å²) in [5.41, 5.74) is 3.02. The van der Waals surface area contributed by atoms with Gasteiger partial charge in [0.2, 0.25) is 0 Å². The lowest BCUT2D eigenvalue weighted by Crippen LogP contribution is -1.94. The smallest absolute Gasteiger partial charge is 0.307 e. The summed E-state index contributed by atoms with van der Waals surface area (Å²) >= 11 is 0. The third-order valence-corrected chi connectivity index (χ3v) is 2.65. The van der Waals surface area contributed by atoms with E-state index in [4.69, 9.17) is 5.11 Å². The highest BCUT2D eigenvalue weighted by atomic mass is 16.4. The fraction of sp³-hybridized carbons (Fsp3) is 0.0625. The Balaban J connectivity index is 2.42. The lowest BCUT2D eigenvalue weighted by atomic mass is 9.97. The van der Waals surface area contributed by atoms with Crippen molar-refractivity contribution in [1.82, 2.24) is 0 Å². The van der Waals surface area contributed by atoms with Crippen LogP contribution in [-0.2, 0) is 4.79 Å². The molecule has 0 aliphatic heterocycles. The van der Waals surface area contributed by atoms with Crippen molar-refractivity contribution in [2.75, 3.05) is 0 Å². The zero-order valence-corrected chi connectivity index (χ0v) is 9.91. The Labute approximate surface area is 106 Å². The summed E-state index contributed by atoms with van der Waals surface area (Å²) in [4.78, 5) is 10.7. The van der Waals surface area contributed by atoms with Gasteiger partial charge >= 0.3 is 5.97 Å². The Morgan fingerprint density at radius 3 is 1.72 bits per heavy atom. The molecule has 0 saturated heterocycles. The van der Waals surface area contributed by atoms with Crippen LogP contribution in [0.3, 0.4) is 0 Å². The van der Waals surface area contributed by atoms with E-state index in [9.17, 15) is 4.79 Å². The molecule has 0 saturated carbocycles. The van der Waals surface area contributed by atoms with Gasteiger partial charge in [-0.25, -0.2) is 0 Å². The van der Waals surface area contributed by atoms with Crippen molar-refractivity contribution in [2.45, 2.75) is 6.42 Å². The largest absolute Gasteiger partial charge is 0.481 e. The second-order valence-corrected chi connectivity index (χ2v) is 3.95. The Bertz CT molecular complexity index is 500. The van der Waals surface area contributed by atoms with Gasteiger partial charge in [-0.15, -0.1) is 0 Å². The van der Waals surface area contributed by atoms with E-state index in [2.05, 4.69) is 0 Å². The van der Waals surface area contributed by atoms with Crippen LogP contribution in [0.2, 0.25) is 0 Å². The maximum atomic E-state index is 10.7. The molecule has 0 aromatic heterocycles. The van der Waals surface area contributed by atoms with E-state index in [0.717, 1.165) is 16.7 Å². The molecular weight excluding hydrogens is 224 g/mol. The molecule has 2 rings (SSSR count). The Hall–Kier alpha value is -2.35. The van der Waals surface area contributed by atoms with Crippen molar-refractivity contribution in [2.24, 2.45) is 0 Å². The highest BCUT2D eigenvalue weighted by molar-refractivity contribution is 5.82. The predicted octanol–water partition coefficient (Wildman–Crippen LogP) is 3.59. The molecule has 0 bridgehead atoms. The van der Waals surface area contributed by atoms with E-state index >= 15 is 0 Å². The van der Waals surface area contributed by atoms with Crippen molar-refractivity contribution in [3.05, 3.63) is 77.9 Å². The molecule has 90 valence electrons. The molecule has 2 aromatic rings. The Kier molecular flexibility index (Phi) is 3.92. The van der Waals surface area contributed by atoms with Crippen molar-refractivity contribution >= 4 is 11.5 Å². The van der Waals surface area contributed by atoms with E-state index in [1.165, 1.54) is 0 Å². The first kappa shape index (κ1) is 12.1. The van der Waals surface area contributed by atoms with Crippen LogP contribution in [0.25, 0.3) is 5.57 Å². The van der Waals surface area contributed by atoms with Gasteiger partial charge in [-0.05, 0) is 16.7 Å². The quantitative estimate of drug-likeness (QED) is 0.883. The number of hydrogen-bond donors (Lipinski definition) is 1. The van der Waals surface area contributed by atoms with E-state index in [-0.39, 0.29) is 6.42 Å². The minimum Gasteiger partial charge on any atom is -0.481 e. The number of carbonyl (C=O) groups is 1. The summed E-state index contributed by atoms with van der Waals surface area (Å²) in [6.45, 7) is 0. The van der Waals surface area contributed by atoms with Crippen molar-refractivity contribution in [3.8, 4) is 0 Å². The third kappa shape index (κ3) is 3.08. The first-order valence-corrected chi connectivity index (χ1v) is 5.80. The van der Waals surface area contributed by atoms with Gasteiger partial charge in [0.15, 0.2) is 0 Å². The maximum Gasteiger partial charge on any atom is 0.307 e. The molecule has 0 fully saturated rings. The zero-order chi connectivity index (χ0) is 12.8. The summed E-state index contributed by atoms with van der Waals surface area (Å²) in [5, 5.41) is 8.81. The van der Waals surface area contributed by atoms with Gasteiger partial charge in [0.1, 0.15) is 0 Å². The lowest BCUT2D eigenvalue weighted by Gasteiger charge is -2.08. The molecule has 2 nitrogen and oxygen atoms in total. The van der Waals surface area contributed by atoms with Crippen molar-refractivity contribution < 1.29 is 9.90 Å². The molecule has 0 atom stereocenters. The van der Waals surface area contributed by atoms with E-state index in [1.54, 1.807) is 6.08 Å². The van der Waals surface area contributed by atoms with Gasteiger partial charge in [0.05, 0.1) is 6.42 Å². The molecule has 0 unspecified atom stereocenters. The molecule has 0 aliphatic carbocycles. The molecule has 0 amide bonds. The number of carboxylic acids is 1. The molecule has 0 heterocycles. The first-order chi connectivity index (χ1) is 8.77. The molecule has 1 N–H and O–H groups in total.